The molecule has 3 heterocycles. The minimum atomic E-state index is -0.276. The number of likely N-dealkylation sites (tertiary alicyclic amines) is 1. The predicted octanol–water partition coefficient (Wildman–Crippen LogP) is 2.97. The first-order valence-corrected chi connectivity index (χ1v) is 9.00. The molecule has 1 aliphatic heterocycles. The van der Waals surface area contributed by atoms with E-state index in [2.05, 4.69) is 17.1 Å². The number of carbonyl (C=O) groups excluding carboxylic acids is 1. The zero-order valence-corrected chi connectivity index (χ0v) is 14.6. The number of aromatic nitrogens is 2. The van der Waals surface area contributed by atoms with Gasteiger partial charge in [0, 0.05) is 25.5 Å². The molecule has 0 N–H and O–H groups in total. The molecule has 130 valence electrons. The van der Waals surface area contributed by atoms with Gasteiger partial charge >= 0.3 is 0 Å². The van der Waals surface area contributed by atoms with Crippen LogP contribution in [0.3, 0.4) is 0 Å². The van der Waals surface area contributed by atoms with Crippen LogP contribution in [0.2, 0.25) is 0 Å². The topological polar surface area (TPSA) is 54.7 Å². The van der Waals surface area contributed by atoms with Gasteiger partial charge in [0.1, 0.15) is 11.2 Å². The molecule has 0 saturated carbocycles. The molecule has 2 aromatic rings. The van der Waals surface area contributed by atoms with Crippen molar-refractivity contribution in [3.63, 3.8) is 0 Å². The van der Waals surface area contributed by atoms with E-state index in [0.717, 1.165) is 50.8 Å². The summed E-state index contributed by atoms with van der Waals surface area (Å²) in [7, 11) is 0. The average Bonchev–Trinajstić information content (AvgIpc) is 2.63. The number of carbonyl (C=O) groups is 1. The second-order valence-corrected chi connectivity index (χ2v) is 7.46. The maximum atomic E-state index is 13.0. The smallest absolute Gasteiger partial charge is 0.270 e. The summed E-state index contributed by atoms with van der Waals surface area (Å²) in [6.45, 7) is 3.39. The van der Waals surface area contributed by atoms with Gasteiger partial charge in [-0.2, -0.15) is 0 Å². The van der Waals surface area contributed by atoms with E-state index in [0.29, 0.717) is 5.65 Å². The van der Waals surface area contributed by atoms with Gasteiger partial charge in [0.15, 0.2) is 0 Å². The van der Waals surface area contributed by atoms with Crippen LogP contribution in [-0.4, -0.2) is 33.3 Å². The number of rotatable bonds is 1. The Morgan fingerprint density at radius 2 is 2.12 bits per heavy atom. The summed E-state index contributed by atoms with van der Waals surface area (Å²) in [5.74, 6) is -0.179. The maximum absolute atomic E-state index is 13.0. The zero-order valence-electron chi connectivity index (χ0n) is 14.6. The number of fused-ring (bicyclic) bond motifs is 1. The Morgan fingerprint density at radius 1 is 1.24 bits per heavy atom. The molecule has 0 aromatic carbocycles. The number of amides is 1. The normalized spacial score (nSPS) is 23.3. The number of hydrogen-bond acceptors (Lipinski definition) is 3. The van der Waals surface area contributed by atoms with Crippen molar-refractivity contribution >= 4 is 11.6 Å². The zero-order chi connectivity index (χ0) is 17.4. The Hall–Kier alpha value is -2.43. The molecule has 0 radical (unpaired) electrons. The van der Waals surface area contributed by atoms with Gasteiger partial charge in [-0.05, 0) is 56.1 Å². The van der Waals surface area contributed by atoms with Crippen molar-refractivity contribution in [3.05, 3.63) is 58.2 Å². The third-order valence-corrected chi connectivity index (χ3v) is 5.59. The molecule has 1 amide bonds. The summed E-state index contributed by atoms with van der Waals surface area (Å²) in [5.41, 5.74) is 1.62. The Morgan fingerprint density at radius 3 is 2.92 bits per heavy atom. The second-order valence-electron chi connectivity index (χ2n) is 7.46. The molecule has 5 nitrogen and oxygen atoms in total. The number of hydrogen-bond donors (Lipinski definition) is 0. The van der Waals surface area contributed by atoms with Crippen LogP contribution in [0.4, 0.5) is 0 Å². The molecule has 0 unspecified atom stereocenters. The highest BCUT2D eigenvalue weighted by Gasteiger charge is 2.37. The standard InChI is InChI=1S/C20H23N3O2/c1-15-6-7-17-21-12-16(19(25)23(17)13-15)18(24)22-11-5-10-20(14-22)8-3-2-4-9-20/h2-3,6-7,12-13H,4-5,8-11,14H2,1H3/t20-/m0/s1. The molecule has 1 spiro atoms. The first kappa shape index (κ1) is 16.1. The fourth-order valence-corrected chi connectivity index (χ4v) is 4.19. The molecular formula is C20H23N3O2. The molecule has 25 heavy (non-hydrogen) atoms. The highest BCUT2D eigenvalue weighted by molar-refractivity contribution is 5.93. The molecule has 1 atom stereocenters. The van der Waals surface area contributed by atoms with Crippen molar-refractivity contribution in [3.8, 4) is 0 Å². The third kappa shape index (κ3) is 2.88. The number of aryl methyl sites for hydroxylation is 1. The first-order valence-electron chi connectivity index (χ1n) is 9.00. The van der Waals surface area contributed by atoms with Crippen molar-refractivity contribution in [2.24, 2.45) is 5.41 Å². The van der Waals surface area contributed by atoms with E-state index in [1.807, 2.05) is 17.9 Å². The fourth-order valence-electron chi connectivity index (χ4n) is 4.19. The lowest BCUT2D eigenvalue weighted by Crippen LogP contribution is -2.47. The van der Waals surface area contributed by atoms with Crippen LogP contribution >= 0.6 is 0 Å². The van der Waals surface area contributed by atoms with Crippen LogP contribution < -0.4 is 5.56 Å². The van der Waals surface area contributed by atoms with Crippen molar-refractivity contribution in [2.45, 2.75) is 39.0 Å². The number of allylic oxidation sites excluding steroid dienone is 2. The first-order chi connectivity index (χ1) is 12.1. The Labute approximate surface area is 147 Å². The van der Waals surface area contributed by atoms with E-state index in [-0.39, 0.29) is 22.4 Å². The van der Waals surface area contributed by atoms with E-state index < -0.39 is 0 Å². The predicted molar refractivity (Wildman–Crippen MR) is 96.8 cm³/mol. The number of pyridine rings is 1. The number of nitrogens with zero attached hydrogens (tertiary/aromatic N) is 3. The van der Waals surface area contributed by atoms with E-state index in [1.165, 1.54) is 10.6 Å². The maximum Gasteiger partial charge on any atom is 0.270 e. The van der Waals surface area contributed by atoms with E-state index in [9.17, 15) is 9.59 Å². The second kappa shape index (κ2) is 6.14. The van der Waals surface area contributed by atoms with Gasteiger partial charge in [0.2, 0.25) is 0 Å². The summed E-state index contributed by atoms with van der Waals surface area (Å²) in [6.07, 6.45) is 13.1. The molecule has 1 fully saturated rings. The minimum Gasteiger partial charge on any atom is -0.338 e. The lowest BCUT2D eigenvalue weighted by Gasteiger charge is -2.43. The summed E-state index contributed by atoms with van der Waals surface area (Å²) in [5, 5.41) is 0. The highest BCUT2D eigenvalue weighted by Crippen LogP contribution is 2.40. The largest absolute Gasteiger partial charge is 0.338 e. The fraction of sp³-hybridized carbons (Fsp3) is 0.450. The van der Waals surface area contributed by atoms with Crippen LogP contribution in [0.1, 0.15) is 48.0 Å². The summed E-state index contributed by atoms with van der Waals surface area (Å²) < 4.78 is 1.48. The Balaban J connectivity index is 1.66. The quantitative estimate of drug-likeness (QED) is 0.752. The van der Waals surface area contributed by atoms with Crippen LogP contribution in [0.25, 0.3) is 5.65 Å². The molecule has 4 rings (SSSR count). The van der Waals surface area contributed by atoms with Gasteiger partial charge in [0.25, 0.3) is 11.5 Å². The molecule has 5 heteroatoms. The van der Waals surface area contributed by atoms with E-state index in [4.69, 9.17) is 0 Å². The van der Waals surface area contributed by atoms with Crippen molar-refractivity contribution in [1.29, 1.82) is 0 Å². The highest BCUT2D eigenvalue weighted by atomic mass is 16.2. The van der Waals surface area contributed by atoms with Crippen molar-refractivity contribution in [2.75, 3.05) is 13.1 Å². The van der Waals surface area contributed by atoms with Crippen LogP contribution in [0.15, 0.2) is 41.5 Å². The summed E-state index contributed by atoms with van der Waals surface area (Å²) in [6, 6.07) is 3.71. The summed E-state index contributed by atoms with van der Waals surface area (Å²) in [4.78, 5) is 32.0. The molecule has 2 aromatic heterocycles. The Kier molecular flexibility index (Phi) is 3.94. The van der Waals surface area contributed by atoms with Gasteiger partial charge in [-0.3, -0.25) is 14.0 Å². The van der Waals surface area contributed by atoms with Crippen molar-refractivity contribution < 1.29 is 4.79 Å². The summed E-state index contributed by atoms with van der Waals surface area (Å²) >= 11 is 0. The van der Waals surface area contributed by atoms with Gasteiger partial charge in [-0.25, -0.2) is 4.98 Å². The monoisotopic (exact) mass is 337 g/mol. The molecule has 2 aliphatic rings. The van der Waals surface area contributed by atoms with Crippen molar-refractivity contribution in [1.82, 2.24) is 14.3 Å². The van der Waals surface area contributed by atoms with Gasteiger partial charge in [-0.1, -0.05) is 18.2 Å². The minimum absolute atomic E-state index is 0.173. The average molecular weight is 337 g/mol. The SMILES string of the molecule is Cc1ccc2ncc(C(=O)N3CCC[C@@]4(CC=CCC4)C3)c(=O)n2c1. The molecular weight excluding hydrogens is 314 g/mol. The molecule has 1 saturated heterocycles. The molecule has 0 bridgehead atoms. The van der Waals surface area contributed by atoms with Gasteiger partial charge < -0.3 is 4.90 Å². The van der Waals surface area contributed by atoms with Gasteiger partial charge in [0.05, 0.1) is 0 Å². The third-order valence-electron chi connectivity index (χ3n) is 5.59. The van der Waals surface area contributed by atoms with Crippen LogP contribution in [-0.2, 0) is 0 Å². The van der Waals surface area contributed by atoms with E-state index >= 15 is 0 Å². The number of piperidine rings is 1. The van der Waals surface area contributed by atoms with Gasteiger partial charge in [-0.15, -0.1) is 0 Å². The lowest BCUT2D eigenvalue weighted by atomic mass is 9.71. The van der Waals surface area contributed by atoms with Crippen LogP contribution in [0.5, 0.6) is 0 Å². The van der Waals surface area contributed by atoms with E-state index in [1.54, 1.807) is 12.3 Å². The lowest BCUT2D eigenvalue weighted by molar-refractivity contribution is 0.0482. The molecule has 1 aliphatic carbocycles. The Bertz CT molecular complexity index is 915. The van der Waals surface area contributed by atoms with Crippen LogP contribution in [0, 0.1) is 12.3 Å².